The van der Waals surface area contributed by atoms with E-state index >= 15 is 0 Å². The normalized spacial score (nSPS) is 13.4. The van der Waals surface area contributed by atoms with Crippen molar-refractivity contribution in [1.29, 1.82) is 0 Å². The van der Waals surface area contributed by atoms with E-state index in [4.69, 9.17) is 5.73 Å². The summed E-state index contributed by atoms with van der Waals surface area (Å²) in [4.78, 5) is -0.0561. The second-order valence-corrected chi connectivity index (χ2v) is 6.18. The molecule has 0 amide bonds. The minimum Gasteiger partial charge on any atom is -0.392 e. The fraction of sp³-hybridized carbons (Fsp3) is 0.556. The molecule has 0 saturated carbocycles. The first-order chi connectivity index (χ1) is 7.77. The fourth-order valence-electron chi connectivity index (χ4n) is 1.28. The number of thiocarbonyl (C=S) groups is 1. The van der Waals surface area contributed by atoms with Gasteiger partial charge in [0.25, 0.3) is 0 Å². The van der Waals surface area contributed by atoms with Crippen molar-refractivity contribution in [3.05, 3.63) is 11.9 Å². The molecule has 17 heavy (non-hydrogen) atoms. The van der Waals surface area contributed by atoms with Crippen LogP contribution in [0.5, 0.6) is 0 Å². The molecule has 0 aliphatic carbocycles. The van der Waals surface area contributed by atoms with Crippen molar-refractivity contribution in [3.8, 4) is 0 Å². The zero-order valence-corrected chi connectivity index (χ0v) is 11.6. The summed E-state index contributed by atoms with van der Waals surface area (Å²) in [7, 11) is -1.87. The highest BCUT2D eigenvalue weighted by atomic mass is 32.2. The van der Waals surface area contributed by atoms with E-state index in [1.807, 2.05) is 6.92 Å². The lowest BCUT2D eigenvalue weighted by molar-refractivity contribution is 0.598. The lowest BCUT2D eigenvalue weighted by atomic mass is 10.3. The van der Waals surface area contributed by atoms with E-state index in [0.29, 0.717) is 17.8 Å². The quantitative estimate of drug-likeness (QED) is 0.760. The topological polar surface area (TPSA) is 90.0 Å². The molecule has 96 valence electrons. The van der Waals surface area contributed by atoms with Crippen LogP contribution in [0.25, 0.3) is 0 Å². The third-order valence-electron chi connectivity index (χ3n) is 2.36. The van der Waals surface area contributed by atoms with Gasteiger partial charge in [-0.05, 0) is 13.3 Å². The van der Waals surface area contributed by atoms with Gasteiger partial charge in [-0.1, -0.05) is 19.1 Å². The standard InChI is InChI=1S/C9H16N4O2S2/c1-4-7-8(5-13(3)11-7)12-17(14,15)6(2)9(10)16/h5-6,12H,4H2,1-3H3,(H2,10,16). The van der Waals surface area contributed by atoms with E-state index in [1.165, 1.54) is 6.92 Å². The molecule has 1 atom stereocenters. The predicted molar refractivity (Wildman–Crippen MR) is 71.4 cm³/mol. The Morgan fingerprint density at radius 2 is 2.29 bits per heavy atom. The van der Waals surface area contributed by atoms with Crippen LogP contribution in [0, 0.1) is 0 Å². The van der Waals surface area contributed by atoms with Gasteiger partial charge in [0.15, 0.2) is 0 Å². The largest absolute Gasteiger partial charge is 0.392 e. The van der Waals surface area contributed by atoms with Gasteiger partial charge in [0.05, 0.1) is 16.4 Å². The molecule has 1 heterocycles. The zero-order chi connectivity index (χ0) is 13.2. The Bertz CT molecular complexity index is 521. The molecule has 0 aliphatic rings. The van der Waals surface area contributed by atoms with Crippen LogP contribution in [0.15, 0.2) is 6.20 Å². The van der Waals surface area contributed by atoms with Gasteiger partial charge < -0.3 is 5.73 Å². The second-order valence-electron chi connectivity index (χ2n) is 3.71. The van der Waals surface area contributed by atoms with Crippen LogP contribution in [0.1, 0.15) is 19.5 Å². The first kappa shape index (κ1) is 13.9. The molecule has 0 aromatic carbocycles. The van der Waals surface area contributed by atoms with Crippen LogP contribution >= 0.6 is 12.2 Å². The van der Waals surface area contributed by atoms with Crippen molar-refractivity contribution in [2.75, 3.05) is 4.72 Å². The number of aryl methyl sites for hydroxylation is 2. The minimum absolute atomic E-state index is 0.0561. The number of hydrogen-bond donors (Lipinski definition) is 2. The molecule has 1 aromatic rings. The van der Waals surface area contributed by atoms with Crippen molar-refractivity contribution in [3.63, 3.8) is 0 Å². The fourth-order valence-corrected chi connectivity index (χ4v) is 2.62. The van der Waals surface area contributed by atoms with Crippen LogP contribution in [0.2, 0.25) is 0 Å². The lowest BCUT2D eigenvalue weighted by Gasteiger charge is -2.12. The molecular weight excluding hydrogens is 260 g/mol. The first-order valence-electron chi connectivity index (χ1n) is 5.11. The van der Waals surface area contributed by atoms with E-state index < -0.39 is 15.3 Å². The van der Waals surface area contributed by atoms with Gasteiger partial charge in [-0.3, -0.25) is 9.40 Å². The summed E-state index contributed by atoms with van der Waals surface area (Å²) in [6.07, 6.45) is 2.25. The minimum atomic E-state index is -3.60. The van der Waals surface area contributed by atoms with Crippen molar-refractivity contribution >= 4 is 32.9 Å². The molecule has 0 saturated heterocycles. The molecule has 1 unspecified atom stereocenters. The number of nitrogens with zero attached hydrogens (tertiary/aromatic N) is 2. The van der Waals surface area contributed by atoms with Crippen LogP contribution < -0.4 is 10.5 Å². The van der Waals surface area contributed by atoms with E-state index in [0.717, 1.165) is 0 Å². The van der Waals surface area contributed by atoms with Gasteiger partial charge in [-0.25, -0.2) is 8.42 Å². The highest BCUT2D eigenvalue weighted by molar-refractivity contribution is 7.95. The Balaban J connectivity index is 3.01. The van der Waals surface area contributed by atoms with Crippen molar-refractivity contribution < 1.29 is 8.42 Å². The number of sulfonamides is 1. The van der Waals surface area contributed by atoms with Crippen LogP contribution in [-0.4, -0.2) is 28.4 Å². The molecule has 0 radical (unpaired) electrons. The van der Waals surface area contributed by atoms with Crippen molar-refractivity contribution in [2.45, 2.75) is 25.5 Å². The smallest absolute Gasteiger partial charge is 0.241 e. The number of anilines is 1. The molecule has 0 bridgehead atoms. The summed E-state index contributed by atoms with van der Waals surface area (Å²) in [5.41, 5.74) is 6.50. The highest BCUT2D eigenvalue weighted by Crippen LogP contribution is 2.17. The monoisotopic (exact) mass is 276 g/mol. The molecule has 1 rings (SSSR count). The maximum atomic E-state index is 11.9. The average molecular weight is 276 g/mol. The van der Waals surface area contributed by atoms with Gasteiger partial charge in [-0.15, -0.1) is 0 Å². The van der Waals surface area contributed by atoms with Crippen molar-refractivity contribution in [2.24, 2.45) is 12.8 Å². The Kier molecular flexibility index (Phi) is 4.10. The molecular formula is C9H16N4O2S2. The maximum absolute atomic E-state index is 11.9. The number of aromatic nitrogens is 2. The number of nitrogens with one attached hydrogen (secondary N) is 1. The Labute approximate surface area is 106 Å². The SMILES string of the molecule is CCc1nn(C)cc1NS(=O)(=O)C(C)C(N)=S. The maximum Gasteiger partial charge on any atom is 0.241 e. The predicted octanol–water partition coefficient (Wildman–Crippen LogP) is 0.399. The summed E-state index contributed by atoms with van der Waals surface area (Å²) in [6, 6.07) is 0. The summed E-state index contributed by atoms with van der Waals surface area (Å²) in [6.45, 7) is 3.35. The van der Waals surface area contributed by atoms with Gasteiger partial charge in [0.2, 0.25) is 10.0 Å². The third-order valence-corrected chi connectivity index (χ3v) is 4.55. The zero-order valence-electron chi connectivity index (χ0n) is 9.97. The summed E-state index contributed by atoms with van der Waals surface area (Å²) in [5.74, 6) is 0. The van der Waals surface area contributed by atoms with Crippen molar-refractivity contribution in [1.82, 2.24) is 9.78 Å². The number of rotatable bonds is 5. The molecule has 0 fully saturated rings. The Hall–Kier alpha value is -1.15. The molecule has 1 aromatic heterocycles. The van der Waals surface area contributed by atoms with E-state index in [-0.39, 0.29) is 4.99 Å². The Morgan fingerprint density at radius 1 is 1.71 bits per heavy atom. The Morgan fingerprint density at radius 3 is 2.76 bits per heavy atom. The summed E-state index contributed by atoms with van der Waals surface area (Å²) >= 11 is 4.69. The second kappa shape index (κ2) is 5.01. The van der Waals surface area contributed by atoms with Crippen LogP contribution in [-0.2, 0) is 23.5 Å². The molecule has 0 spiro atoms. The van der Waals surface area contributed by atoms with E-state index in [2.05, 4.69) is 22.0 Å². The van der Waals surface area contributed by atoms with Crippen LogP contribution in [0.3, 0.4) is 0 Å². The third kappa shape index (κ3) is 3.16. The first-order valence-corrected chi connectivity index (χ1v) is 7.06. The van der Waals surface area contributed by atoms with Gasteiger partial charge in [0.1, 0.15) is 5.25 Å². The number of hydrogen-bond acceptors (Lipinski definition) is 4. The summed E-state index contributed by atoms with van der Waals surface area (Å²) < 4.78 is 27.8. The molecule has 3 N–H and O–H groups in total. The average Bonchev–Trinajstić information content (AvgIpc) is 2.56. The molecule has 0 aliphatic heterocycles. The highest BCUT2D eigenvalue weighted by Gasteiger charge is 2.24. The van der Waals surface area contributed by atoms with E-state index in [9.17, 15) is 8.42 Å². The summed E-state index contributed by atoms with van der Waals surface area (Å²) in [5, 5.41) is 3.23. The number of nitrogens with two attached hydrogens (primary N) is 1. The molecule has 6 nitrogen and oxygen atoms in total. The molecule has 8 heteroatoms. The van der Waals surface area contributed by atoms with Gasteiger partial charge in [0, 0.05) is 13.2 Å². The lowest BCUT2D eigenvalue weighted by Crippen LogP contribution is -2.35. The van der Waals surface area contributed by atoms with Crippen LogP contribution in [0.4, 0.5) is 5.69 Å². The van der Waals surface area contributed by atoms with E-state index in [1.54, 1.807) is 17.9 Å². The van der Waals surface area contributed by atoms with Gasteiger partial charge >= 0.3 is 0 Å². The van der Waals surface area contributed by atoms with Gasteiger partial charge in [-0.2, -0.15) is 5.10 Å².